The van der Waals surface area contributed by atoms with Crippen LogP contribution in [0.1, 0.15) is 19.7 Å². The molecule has 134 valence electrons. The monoisotopic (exact) mass is 345 g/mol. The second-order valence-corrected chi connectivity index (χ2v) is 6.14. The number of H-pyrrole nitrogens is 1. The van der Waals surface area contributed by atoms with Gasteiger partial charge in [0.2, 0.25) is 0 Å². The van der Waals surface area contributed by atoms with Gasteiger partial charge in [-0.2, -0.15) is 5.10 Å². The lowest BCUT2D eigenvalue weighted by molar-refractivity contribution is -0.0318. The number of aromatic nitrogens is 3. The molecular formula is C17H23N5O3. The Bertz CT molecular complexity index is 715. The van der Waals surface area contributed by atoms with Crippen molar-refractivity contribution in [1.82, 2.24) is 25.4 Å². The van der Waals surface area contributed by atoms with E-state index in [4.69, 9.17) is 9.47 Å². The van der Waals surface area contributed by atoms with Gasteiger partial charge < -0.3 is 19.7 Å². The summed E-state index contributed by atoms with van der Waals surface area (Å²) in [5.41, 5.74) is 0.880. The van der Waals surface area contributed by atoms with Crippen molar-refractivity contribution in [2.45, 2.75) is 32.5 Å². The number of morpholine rings is 1. The zero-order chi connectivity index (χ0) is 17.8. The predicted octanol–water partition coefficient (Wildman–Crippen LogP) is 1.80. The molecule has 8 nitrogen and oxygen atoms in total. The van der Waals surface area contributed by atoms with Crippen LogP contribution in [-0.4, -0.2) is 58.5 Å². The number of carbonyl (C=O) groups is 1. The highest BCUT2D eigenvalue weighted by Gasteiger charge is 2.27. The molecule has 1 saturated heterocycles. The van der Waals surface area contributed by atoms with Crippen molar-refractivity contribution in [2.75, 3.05) is 20.3 Å². The van der Waals surface area contributed by atoms with Crippen LogP contribution in [0.25, 0.3) is 11.4 Å². The van der Waals surface area contributed by atoms with Gasteiger partial charge in [-0.15, -0.1) is 0 Å². The summed E-state index contributed by atoms with van der Waals surface area (Å²) in [5, 5.41) is 9.94. The summed E-state index contributed by atoms with van der Waals surface area (Å²) in [6.07, 6.45) is 0.0499. The lowest BCUT2D eigenvalue weighted by atomic mass is 10.2. The molecule has 25 heavy (non-hydrogen) atoms. The van der Waals surface area contributed by atoms with Gasteiger partial charge in [0.1, 0.15) is 11.6 Å². The zero-order valence-corrected chi connectivity index (χ0v) is 14.7. The van der Waals surface area contributed by atoms with Gasteiger partial charge in [0.15, 0.2) is 5.82 Å². The normalized spacial score (nSPS) is 20.4. The van der Waals surface area contributed by atoms with Gasteiger partial charge in [0, 0.05) is 12.1 Å². The summed E-state index contributed by atoms with van der Waals surface area (Å²) >= 11 is 0. The van der Waals surface area contributed by atoms with Crippen LogP contribution >= 0.6 is 0 Å². The fraction of sp³-hybridized carbons (Fsp3) is 0.471. The van der Waals surface area contributed by atoms with Crippen LogP contribution in [0.3, 0.4) is 0 Å². The summed E-state index contributed by atoms with van der Waals surface area (Å²) in [5.74, 6) is 1.97. The van der Waals surface area contributed by atoms with Crippen LogP contribution in [-0.2, 0) is 11.3 Å². The van der Waals surface area contributed by atoms with Crippen molar-refractivity contribution >= 4 is 6.03 Å². The van der Waals surface area contributed by atoms with Crippen molar-refractivity contribution in [3.63, 3.8) is 0 Å². The second-order valence-electron chi connectivity index (χ2n) is 6.14. The molecule has 2 N–H and O–H groups in total. The molecule has 2 aromatic rings. The molecule has 2 heterocycles. The van der Waals surface area contributed by atoms with E-state index in [9.17, 15) is 4.79 Å². The van der Waals surface area contributed by atoms with Crippen LogP contribution < -0.4 is 10.1 Å². The van der Waals surface area contributed by atoms with Crippen molar-refractivity contribution in [1.29, 1.82) is 0 Å². The van der Waals surface area contributed by atoms with Gasteiger partial charge in [-0.3, -0.25) is 5.10 Å². The van der Waals surface area contributed by atoms with Crippen molar-refractivity contribution in [2.24, 2.45) is 0 Å². The second kappa shape index (κ2) is 7.52. The van der Waals surface area contributed by atoms with E-state index in [-0.39, 0.29) is 18.2 Å². The Morgan fingerprint density at radius 2 is 2.16 bits per heavy atom. The first-order valence-corrected chi connectivity index (χ1v) is 8.28. The minimum atomic E-state index is -0.120. The number of hydrogen-bond acceptors (Lipinski definition) is 5. The Balaban J connectivity index is 1.58. The first kappa shape index (κ1) is 17.2. The molecule has 8 heteroatoms. The number of aromatic amines is 1. The van der Waals surface area contributed by atoms with Gasteiger partial charge >= 0.3 is 6.03 Å². The Hall–Kier alpha value is -2.61. The Morgan fingerprint density at radius 1 is 1.40 bits per heavy atom. The van der Waals surface area contributed by atoms with E-state index in [0.29, 0.717) is 31.3 Å². The topological polar surface area (TPSA) is 92.4 Å². The Labute approximate surface area is 146 Å². The van der Waals surface area contributed by atoms with Crippen LogP contribution in [0.4, 0.5) is 4.79 Å². The lowest BCUT2D eigenvalue weighted by Crippen LogP contribution is -2.53. The number of hydrogen-bond donors (Lipinski definition) is 2. The average Bonchev–Trinajstić information content (AvgIpc) is 3.11. The first-order valence-electron chi connectivity index (χ1n) is 8.28. The molecule has 0 radical (unpaired) electrons. The van der Waals surface area contributed by atoms with E-state index in [1.807, 2.05) is 38.1 Å². The number of ether oxygens (including phenoxy) is 2. The number of benzene rings is 1. The van der Waals surface area contributed by atoms with Crippen LogP contribution in [0, 0.1) is 0 Å². The number of amides is 2. The van der Waals surface area contributed by atoms with E-state index in [2.05, 4.69) is 20.5 Å². The molecular weight excluding hydrogens is 322 g/mol. The molecule has 2 atom stereocenters. The minimum Gasteiger partial charge on any atom is -0.497 e. The van der Waals surface area contributed by atoms with Crippen molar-refractivity contribution in [3.8, 4) is 17.1 Å². The molecule has 3 rings (SSSR count). The molecule has 1 aliphatic heterocycles. The predicted molar refractivity (Wildman–Crippen MR) is 92.2 cm³/mol. The van der Waals surface area contributed by atoms with Gasteiger partial charge in [0.25, 0.3) is 0 Å². The molecule has 0 saturated carbocycles. The van der Waals surface area contributed by atoms with E-state index in [1.165, 1.54) is 0 Å². The van der Waals surface area contributed by atoms with E-state index in [0.717, 1.165) is 11.3 Å². The van der Waals surface area contributed by atoms with E-state index >= 15 is 0 Å². The van der Waals surface area contributed by atoms with Gasteiger partial charge in [-0.1, -0.05) is 0 Å². The number of carbonyl (C=O) groups excluding carboxylic acids is 1. The van der Waals surface area contributed by atoms with E-state index in [1.54, 1.807) is 12.0 Å². The maximum absolute atomic E-state index is 12.4. The Kier molecular flexibility index (Phi) is 5.18. The molecule has 0 spiro atoms. The van der Waals surface area contributed by atoms with Crippen LogP contribution in [0.5, 0.6) is 5.75 Å². The van der Waals surface area contributed by atoms with E-state index < -0.39 is 0 Å². The number of urea groups is 1. The summed E-state index contributed by atoms with van der Waals surface area (Å²) < 4.78 is 10.7. The molecule has 1 aromatic heterocycles. The molecule has 1 fully saturated rings. The summed E-state index contributed by atoms with van der Waals surface area (Å²) in [6, 6.07) is 7.43. The maximum atomic E-state index is 12.4. The summed E-state index contributed by atoms with van der Waals surface area (Å²) in [7, 11) is 1.62. The largest absolute Gasteiger partial charge is 0.497 e. The number of nitrogens with one attached hydrogen (secondary N) is 2. The van der Waals surface area contributed by atoms with Crippen LogP contribution in [0.15, 0.2) is 24.3 Å². The lowest BCUT2D eigenvalue weighted by Gasteiger charge is -2.36. The molecule has 2 amide bonds. The van der Waals surface area contributed by atoms with Crippen molar-refractivity contribution in [3.05, 3.63) is 30.1 Å². The third-order valence-electron chi connectivity index (χ3n) is 4.16. The maximum Gasteiger partial charge on any atom is 0.318 e. The van der Waals surface area contributed by atoms with Crippen LogP contribution in [0.2, 0.25) is 0 Å². The number of rotatable bonds is 4. The fourth-order valence-electron chi connectivity index (χ4n) is 2.69. The highest BCUT2D eigenvalue weighted by Crippen LogP contribution is 2.19. The van der Waals surface area contributed by atoms with Gasteiger partial charge in [0.05, 0.1) is 32.4 Å². The number of nitrogens with zero attached hydrogens (tertiary/aromatic N) is 3. The third kappa shape index (κ3) is 4.08. The highest BCUT2D eigenvalue weighted by molar-refractivity contribution is 5.74. The standard InChI is InChI=1S/C17H23N5O3/c1-11-10-25-12(2)9-22(11)17(23)18-8-15-19-16(21-20-15)13-4-6-14(24-3)7-5-13/h4-7,11-12H,8-10H2,1-3H3,(H,18,23)(H,19,20,21)/t11-,12-/m0/s1. The van der Waals surface area contributed by atoms with Crippen molar-refractivity contribution < 1.29 is 14.3 Å². The Morgan fingerprint density at radius 3 is 2.88 bits per heavy atom. The molecule has 0 bridgehead atoms. The SMILES string of the molecule is COc1ccc(-c2n[nH]c(CNC(=O)N3C[C@H](C)OC[C@@H]3C)n2)cc1. The van der Waals surface area contributed by atoms with Gasteiger partial charge in [-0.25, -0.2) is 9.78 Å². The van der Waals surface area contributed by atoms with Gasteiger partial charge in [-0.05, 0) is 38.1 Å². The summed E-state index contributed by atoms with van der Waals surface area (Å²) in [4.78, 5) is 18.6. The fourth-order valence-corrected chi connectivity index (χ4v) is 2.69. The zero-order valence-electron chi connectivity index (χ0n) is 14.7. The number of methoxy groups -OCH3 is 1. The molecule has 1 aromatic carbocycles. The average molecular weight is 345 g/mol. The molecule has 1 aliphatic rings. The molecule has 0 aliphatic carbocycles. The quantitative estimate of drug-likeness (QED) is 0.881. The summed E-state index contributed by atoms with van der Waals surface area (Å²) in [6.45, 7) is 5.37. The smallest absolute Gasteiger partial charge is 0.318 e. The molecule has 0 unspecified atom stereocenters. The highest BCUT2D eigenvalue weighted by atomic mass is 16.5. The third-order valence-corrected chi connectivity index (χ3v) is 4.16. The first-order chi connectivity index (χ1) is 12.1. The minimum absolute atomic E-state index is 0.0499.